The fraction of sp³-hybridized carbons (Fsp3) is 0.682. The first kappa shape index (κ1) is 26.9. The Morgan fingerprint density at radius 1 is 1.20 bits per heavy atom. The highest BCUT2D eigenvalue weighted by atomic mass is 33.1. The molecule has 0 saturated carbocycles. The standard InChI is InChI=1S/C22H36N2O4S2/c1-5-22(4,28-17-12-21(2,3)27-16-8-15-25)11-14-23-19(26)10-18-29-30-20-9-6-7-13-24-20/h6-7,9,13,15H,5,8,10-12,14,16-18H2,1-4H3,(H,23,26). The molecule has 1 heterocycles. The van der Waals surface area contributed by atoms with Crippen LogP contribution in [-0.4, -0.2) is 53.9 Å². The Morgan fingerprint density at radius 3 is 2.67 bits per heavy atom. The molecule has 1 rings (SSSR count). The van der Waals surface area contributed by atoms with Gasteiger partial charge in [0, 0.05) is 31.3 Å². The lowest BCUT2D eigenvalue weighted by Crippen LogP contribution is -2.36. The molecule has 1 atom stereocenters. The SMILES string of the molecule is CCC(C)(CCNC(=O)CCSSc1ccccn1)OCCC(C)(C)OCCC=O. The molecule has 1 amide bonds. The third kappa shape index (κ3) is 12.6. The topological polar surface area (TPSA) is 77.5 Å². The molecule has 1 unspecified atom stereocenters. The first-order valence-electron chi connectivity index (χ1n) is 10.5. The highest BCUT2D eigenvalue weighted by molar-refractivity contribution is 8.76. The zero-order valence-corrected chi connectivity index (χ0v) is 20.3. The molecule has 1 N–H and O–H groups in total. The molecule has 8 heteroatoms. The maximum atomic E-state index is 12.1. The summed E-state index contributed by atoms with van der Waals surface area (Å²) < 4.78 is 11.9. The van der Waals surface area contributed by atoms with Crippen LogP contribution >= 0.6 is 21.6 Å². The van der Waals surface area contributed by atoms with Crippen LogP contribution in [0.25, 0.3) is 0 Å². The predicted molar refractivity (Wildman–Crippen MR) is 125 cm³/mol. The van der Waals surface area contributed by atoms with Crippen LogP contribution in [0.2, 0.25) is 0 Å². The lowest BCUT2D eigenvalue weighted by molar-refractivity contribution is -0.121. The van der Waals surface area contributed by atoms with E-state index in [1.807, 2.05) is 32.0 Å². The number of aldehydes is 1. The molecule has 0 radical (unpaired) electrons. The van der Waals surface area contributed by atoms with Gasteiger partial charge in [-0.05, 0) is 63.0 Å². The van der Waals surface area contributed by atoms with Crippen molar-refractivity contribution < 1.29 is 19.1 Å². The number of carbonyl (C=O) groups excluding carboxylic acids is 2. The lowest BCUT2D eigenvalue weighted by atomic mass is 9.98. The average Bonchev–Trinajstić information content (AvgIpc) is 2.72. The summed E-state index contributed by atoms with van der Waals surface area (Å²) in [5.41, 5.74) is -0.605. The summed E-state index contributed by atoms with van der Waals surface area (Å²) in [7, 11) is 3.23. The maximum absolute atomic E-state index is 12.1. The van der Waals surface area contributed by atoms with Gasteiger partial charge in [-0.1, -0.05) is 23.8 Å². The van der Waals surface area contributed by atoms with Crippen molar-refractivity contribution in [3.05, 3.63) is 24.4 Å². The molecule has 30 heavy (non-hydrogen) atoms. The number of carbonyl (C=O) groups is 2. The number of amides is 1. The number of aromatic nitrogens is 1. The van der Waals surface area contributed by atoms with Crippen molar-refractivity contribution in [3.8, 4) is 0 Å². The smallest absolute Gasteiger partial charge is 0.220 e. The monoisotopic (exact) mass is 456 g/mol. The van der Waals surface area contributed by atoms with Gasteiger partial charge in [-0.15, -0.1) is 0 Å². The Kier molecular flexibility index (Phi) is 13.3. The fourth-order valence-corrected chi connectivity index (χ4v) is 4.41. The van der Waals surface area contributed by atoms with Gasteiger partial charge in [0.15, 0.2) is 0 Å². The first-order chi connectivity index (χ1) is 14.3. The second kappa shape index (κ2) is 14.8. The normalized spacial score (nSPS) is 13.6. The molecule has 0 aliphatic rings. The van der Waals surface area contributed by atoms with Gasteiger partial charge in [0.2, 0.25) is 5.91 Å². The van der Waals surface area contributed by atoms with Crippen LogP contribution in [0.5, 0.6) is 0 Å². The molecule has 0 bridgehead atoms. The van der Waals surface area contributed by atoms with Crippen molar-refractivity contribution in [3.63, 3.8) is 0 Å². The molecule has 0 spiro atoms. The highest BCUT2D eigenvalue weighted by Gasteiger charge is 2.25. The van der Waals surface area contributed by atoms with Crippen LogP contribution in [-0.2, 0) is 19.1 Å². The zero-order chi connectivity index (χ0) is 22.3. The molecular weight excluding hydrogens is 420 g/mol. The quantitative estimate of drug-likeness (QED) is 0.207. The largest absolute Gasteiger partial charge is 0.375 e. The maximum Gasteiger partial charge on any atom is 0.220 e. The minimum atomic E-state index is -0.323. The second-order valence-corrected chi connectivity index (χ2v) is 10.3. The van der Waals surface area contributed by atoms with Gasteiger partial charge < -0.3 is 19.6 Å². The zero-order valence-electron chi connectivity index (χ0n) is 18.6. The van der Waals surface area contributed by atoms with Gasteiger partial charge in [-0.25, -0.2) is 4.98 Å². The van der Waals surface area contributed by atoms with Gasteiger partial charge >= 0.3 is 0 Å². The number of ether oxygens (including phenoxy) is 2. The van der Waals surface area contributed by atoms with E-state index in [1.54, 1.807) is 27.8 Å². The van der Waals surface area contributed by atoms with E-state index >= 15 is 0 Å². The molecule has 0 aromatic carbocycles. The number of nitrogens with zero attached hydrogens (tertiary/aromatic N) is 1. The van der Waals surface area contributed by atoms with Crippen LogP contribution in [0.3, 0.4) is 0 Å². The number of hydrogen-bond acceptors (Lipinski definition) is 7. The van der Waals surface area contributed by atoms with Crippen LogP contribution < -0.4 is 5.32 Å². The molecule has 170 valence electrons. The highest BCUT2D eigenvalue weighted by Crippen LogP contribution is 2.29. The molecule has 0 fully saturated rings. The van der Waals surface area contributed by atoms with Crippen molar-refractivity contribution in [2.45, 2.75) is 76.0 Å². The molecule has 0 aliphatic heterocycles. The third-order valence-electron chi connectivity index (χ3n) is 4.80. The number of hydrogen-bond donors (Lipinski definition) is 1. The van der Waals surface area contributed by atoms with Gasteiger partial charge in [0.05, 0.1) is 24.4 Å². The Labute approximate surface area is 189 Å². The molecule has 0 aliphatic carbocycles. The molecule has 0 saturated heterocycles. The van der Waals surface area contributed by atoms with E-state index < -0.39 is 0 Å². The summed E-state index contributed by atoms with van der Waals surface area (Å²) >= 11 is 0. The molecular formula is C22H36N2O4S2. The second-order valence-electron chi connectivity index (χ2n) is 7.89. The van der Waals surface area contributed by atoms with Crippen LogP contribution in [0.15, 0.2) is 29.4 Å². The lowest BCUT2D eigenvalue weighted by Gasteiger charge is -2.31. The van der Waals surface area contributed by atoms with Crippen LogP contribution in [0.1, 0.15) is 59.8 Å². The summed E-state index contributed by atoms with van der Waals surface area (Å²) in [5, 5.41) is 3.95. The predicted octanol–water partition coefficient (Wildman–Crippen LogP) is 4.68. The van der Waals surface area contributed by atoms with Gasteiger partial charge in [-0.2, -0.15) is 0 Å². The van der Waals surface area contributed by atoms with Gasteiger partial charge in [0.1, 0.15) is 11.3 Å². The van der Waals surface area contributed by atoms with Crippen molar-refractivity contribution in [2.24, 2.45) is 0 Å². The summed E-state index contributed by atoms with van der Waals surface area (Å²) in [6.07, 6.45) is 5.91. The van der Waals surface area contributed by atoms with E-state index in [0.717, 1.165) is 36.3 Å². The van der Waals surface area contributed by atoms with Crippen molar-refractivity contribution in [1.29, 1.82) is 0 Å². The Bertz CT molecular complexity index is 616. The minimum Gasteiger partial charge on any atom is -0.375 e. The first-order valence-corrected chi connectivity index (χ1v) is 12.8. The number of rotatable bonds is 17. The van der Waals surface area contributed by atoms with E-state index in [9.17, 15) is 9.59 Å². The Morgan fingerprint density at radius 2 is 2.00 bits per heavy atom. The molecule has 1 aromatic rings. The number of pyridine rings is 1. The third-order valence-corrected chi connectivity index (χ3v) is 7.07. The Balaban J connectivity index is 2.19. The average molecular weight is 457 g/mol. The van der Waals surface area contributed by atoms with E-state index in [2.05, 4.69) is 24.1 Å². The van der Waals surface area contributed by atoms with Crippen molar-refractivity contribution >= 4 is 33.8 Å². The molecule has 6 nitrogen and oxygen atoms in total. The van der Waals surface area contributed by atoms with Gasteiger partial charge in [-0.3, -0.25) is 4.79 Å². The van der Waals surface area contributed by atoms with E-state index in [-0.39, 0.29) is 17.1 Å². The van der Waals surface area contributed by atoms with Crippen molar-refractivity contribution in [1.82, 2.24) is 10.3 Å². The molecule has 1 aromatic heterocycles. The fourth-order valence-electron chi connectivity index (χ4n) is 2.54. The Hall–Kier alpha value is -1.09. The minimum absolute atomic E-state index is 0.0623. The number of nitrogens with one attached hydrogen (secondary N) is 1. The van der Waals surface area contributed by atoms with E-state index in [1.165, 1.54) is 0 Å². The van der Waals surface area contributed by atoms with E-state index in [4.69, 9.17) is 9.47 Å². The van der Waals surface area contributed by atoms with E-state index in [0.29, 0.717) is 32.6 Å². The summed E-state index contributed by atoms with van der Waals surface area (Å²) in [6.45, 7) is 9.81. The summed E-state index contributed by atoms with van der Waals surface area (Å²) in [4.78, 5) is 26.7. The van der Waals surface area contributed by atoms with Crippen LogP contribution in [0, 0.1) is 0 Å². The summed E-state index contributed by atoms with van der Waals surface area (Å²) in [6, 6.07) is 5.81. The van der Waals surface area contributed by atoms with Gasteiger partial charge in [0.25, 0.3) is 0 Å². The van der Waals surface area contributed by atoms with Crippen LogP contribution in [0.4, 0.5) is 0 Å². The summed E-state index contributed by atoms with van der Waals surface area (Å²) in [5.74, 6) is 0.806. The van der Waals surface area contributed by atoms with Crippen molar-refractivity contribution in [2.75, 3.05) is 25.5 Å².